The predicted octanol–water partition coefficient (Wildman–Crippen LogP) is 0.819. The van der Waals surface area contributed by atoms with Crippen molar-refractivity contribution in [3.63, 3.8) is 0 Å². The summed E-state index contributed by atoms with van der Waals surface area (Å²) < 4.78 is 1.75. The number of carbonyl (C=O) groups is 1. The molecule has 0 bridgehead atoms. The van der Waals surface area contributed by atoms with Crippen molar-refractivity contribution in [2.75, 3.05) is 13.1 Å². The fourth-order valence-corrected chi connectivity index (χ4v) is 3.05. The Bertz CT molecular complexity index is 670. The Hall–Kier alpha value is -2.28. The van der Waals surface area contributed by atoms with Crippen molar-refractivity contribution in [1.29, 1.82) is 0 Å². The first kappa shape index (κ1) is 14.6. The van der Waals surface area contributed by atoms with Gasteiger partial charge in [0.2, 0.25) is 0 Å². The second-order valence-electron chi connectivity index (χ2n) is 5.70. The van der Waals surface area contributed by atoms with Crippen molar-refractivity contribution >= 4 is 5.97 Å². The number of pyridine rings is 1. The van der Waals surface area contributed by atoms with E-state index >= 15 is 0 Å². The SMILES string of the molecule is Cc1nc(CN2C[C@H](C(=O)O)[C@@H](c3ccccn3)C2)n(C)n1. The predicted molar refractivity (Wildman–Crippen MR) is 79.1 cm³/mol. The minimum atomic E-state index is -0.771. The molecule has 0 radical (unpaired) electrons. The summed E-state index contributed by atoms with van der Waals surface area (Å²) in [5.74, 6) is 0.278. The van der Waals surface area contributed by atoms with E-state index in [2.05, 4.69) is 20.0 Å². The number of aromatic nitrogens is 4. The van der Waals surface area contributed by atoms with E-state index in [9.17, 15) is 9.90 Å². The van der Waals surface area contributed by atoms with Crippen LogP contribution in [-0.4, -0.2) is 48.8 Å². The van der Waals surface area contributed by atoms with Gasteiger partial charge in [-0.25, -0.2) is 4.98 Å². The third kappa shape index (κ3) is 2.85. The normalized spacial score (nSPS) is 22.1. The number of aliphatic carboxylic acids is 1. The van der Waals surface area contributed by atoms with E-state index < -0.39 is 11.9 Å². The van der Waals surface area contributed by atoms with Gasteiger partial charge in [-0.05, 0) is 19.1 Å². The highest BCUT2D eigenvalue weighted by Crippen LogP contribution is 2.32. The molecule has 116 valence electrons. The first-order valence-corrected chi connectivity index (χ1v) is 7.27. The van der Waals surface area contributed by atoms with Gasteiger partial charge >= 0.3 is 5.97 Å². The Labute approximate surface area is 128 Å². The van der Waals surface area contributed by atoms with Gasteiger partial charge in [-0.2, -0.15) is 5.10 Å². The van der Waals surface area contributed by atoms with Gasteiger partial charge in [0.1, 0.15) is 11.6 Å². The van der Waals surface area contributed by atoms with Gasteiger partial charge in [0.05, 0.1) is 12.5 Å². The smallest absolute Gasteiger partial charge is 0.308 e. The highest BCUT2D eigenvalue weighted by molar-refractivity contribution is 5.72. The van der Waals surface area contributed by atoms with Crippen LogP contribution in [0.1, 0.15) is 23.3 Å². The second-order valence-corrected chi connectivity index (χ2v) is 5.70. The van der Waals surface area contributed by atoms with Gasteiger partial charge in [-0.3, -0.25) is 19.4 Å². The van der Waals surface area contributed by atoms with Crippen LogP contribution in [0.15, 0.2) is 24.4 Å². The zero-order chi connectivity index (χ0) is 15.7. The van der Waals surface area contributed by atoms with Crippen molar-refractivity contribution in [2.24, 2.45) is 13.0 Å². The molecule has 3 rings (SSSR count). The van der Waals surface area contributed by atoms with Crippen LogP contribution >= 0.6 is 0 Å². The molecule has 1 saturated heterocycles. The van der Waals surface area contributed by atoms with Crippen LogP contribution in [0.5, 0.6) is 0 Å². The minimum absolute atomic E-state index is 0.0898. The second kappa shape index (κ2) is 5.84. The van der Waals surface area contributed by atoms with E-state index in [1.54, 1.807) is 10.9 Å². The van der Waals surface area contributed by atoms with Crippen LogP contribution in [0, 0.1) is 12.8 Å². The summed E-state index contributed by atoms with van der Waals surface area (Å²) in [6.45, 7) is 3.62. The molecule has 1 fully saturated rings. The molecule has 2 aromatic heterocycles. The Kier molecular flexibility index (Phi) is 3.89. The van der Waals surface area contributed by atoms with E-state index in [1.807, 2.05) is 32.2 Å². The Morgan fingerprint density at radius 2 is 2.23 bits per heavy atom. The molecule has 0 unspecified atom stereocenters. The van der Waals surface area contributed by atoms with Gasteiger partial charge in [-0.15, -0.1) is 0 Å². The quantitative estimate of drug-likeness (QED) is 0.900. The molecule has 1 aliphatic heterocycles. The van der Waals surface area contributed by atoms with Gasteiger partial charge < -0.3 is 5.11 Å². The molecular weight excluding hydrogens is 282 g/mol. The topological polar surface area (TPSA) is 84.1 Å². The molecule has 0 aliphatic carbocycles. The van der Waals surface area contributed by atoms with Crippen LogP contribution in [0.2, 0.25) is 0 Å². The van der Waals surface area contributed by atoms with Crippen molar-refractivity contribution in [3.05, 3.63) is 41.7 Å². The van der Waals surface area contributed by atoms with Crippen molar-refractivity contribution < 1.29 is 9.90 Å². The summed E-state index contributed by atoms with van der Waals surface area (Å²) in [4.78, 5) is 22.4. The van der Waals surface area contributed by atoms with E-state index in [4.69, 9.17) is 0 Å². The summed E-state index contributed by atoms with van der Waals surface area (Å²) in [7, 11) is 1.86. The lowest BCUT2D eigenvalue weighted by Crippen LogP contribution is -2.24. The van der Waals surface area contributed by atoms with Crippen molar-refractivity contribution in [2.45, 2.75) is 19.4 Å². The van der Waals surface area contributed by atoms with E-state index in [0.717, 1.165) is 17.3 Å². The van der Waals surface area contributed by atoms with Crippen LogP contribution in [0.25, 0.3) is 0 Å². The zero-order valence-corrected chi connectivity index (χ0v) is 12.7. The first-order valence-electron chi connectivity index (χ1n) is 7.27. The lowest BCUT2D eigenvalue weighted by atomic mass is 9.93. The monoisotopic (exact) mass is 301 g/mol. The summed E-state index contributed by atoms with van der Waals surface area (Å²) in [6, 6.07) is 5.64. The standard InChI is InChI=1S/C15H19N5O2/c1-10-17-14(19(2)18-10)9-20-7-11(12(8-20)15(21)22)13-5-3-4-6-16-13/h3-6,11-12H,7-9H2,1-2H3,(H,21,22)/t11-,12-/m0/s1. The van der Waals surface area contributed by atoms with Crippen LogP contribution in [-0.2, 0) is 18.4 Å². The molecule has 0 saturated carbocycles. The molecule has 3 heterocycles. The number of hydrogen-bond acceptors (Lipinski definition) is 5. The zero-order valence-electron chi connectivity index (χ0n) is 12.7. The van der Waals surface area contributed by atoms with Crippen molar-refractivity contribution in [1.82, 2.24) is 24.6 Å². The number of aryl methyl sites for hydroxylation is 2. The van der Waals surface area contributed by atoms with E-state index in [0.29, 0.717) is 19.6 Å². The number of hydrogen-bond donors (Lipinski definition) is 1. The van der Waals surface area contributed by atoms with E-state index in [-0.39, 0.29) is 5.92 Å². The molecule has 7 heteroatoms. The van der Waals surface area contributed by atoms with Gasteiger partial charge in [-0.1, -0.05) is 6.07 Å². The highest BCUT2D eigenvalue weighted by atomic mass is 16.4. The van der Waals surface area contributed by atoms with Crippen molar-refractivity contribution in [3.8, 4) is 0 Å². The van der Waals surface area contributed by atoms with Gasteiger partial charge in [0.25, 0.3) is 0 Å². The van der Waals surface area contributed by atoms with Crippen LogP contribution < -0.4 is 0 Å². The maximum absolute atomic E-state index is 11.6. The Morgan fingerprint density at radius 1 is 1.41 bits per heavy atom. The fraction of sp³-hybridized carbons (Fsp3) is 0.467. The molecular formula is C15H19N5O2. The average molecular weight is 301 g/mol. The molecule has 2 aromatic rings. The van der Waals surface area contributed by atoms with Gasteiger partial charge in [0, 0.05) is 37.9 Å². The molecule has 0 amide bonds. The minimum Gasteiger partial charge on any atom is -0.481 e. The lowest BCUT2D eigenvalue weighted by molar-refractivity contribution is -0.141. The highest BCUT2D eigenvalue weighted by Gasteiger charge is 2.39. The number of carboxylic acids is 1. The molecule has 0 spiro atoms. The number of nitrogens with zero attached hydrogens (tertiary/aromatic N) is 5. The fourth-order valence-electron chi connectivity index (χ4n) is 3.05. The van der Waals surface area contributed by atoms with Crippen LogP contribution in [0.3, 0.4) is 0 Å². The number of rotatable bonds is 4. The lowest BCUT2D eigenvalue weighted by Gasteiger charge is -2.14. The molecule has 0 aromatic carbocycles. The number of carboxylic acid groups (broad SMARTS) is 1. The third-order valence-corrected chi connectivity index (χ3v) is 4.10. The molecule has 1 N–H and O–H groups in total. The van der Waals surface area contributed by atoms with Gasteiger partial charge in [0.15, 0.2) is 0 Å². The van der Waals surface area contributed by atoms with E-state index in [1.165, 1.54) is 0 Å². The summed E-state index contributed by atoms with van der Waals surface area (Å²) in [6.07, 6.45) is 1.71. The third-order valence-electron chi connectivity index (χ3n) is 4.10. The molecule has 2 atom stereocenters. The molecule has 22 heavy (non-hydrogen) atoms. The number of likely N-dealkylation sites (tertiary alicyclic amines) is 1. The molecule has 7 nitrogen and oxygen atoms in total. The largest absolute Gasteiger partial charge is 0.481 e. The molecule has 1 aliphatic rings. The maximum atomic E-state index is 11.6. The van der Waals surface area contributed by atoms with Crippen LogP contribution in [0.4, 0.5) is 0 Å². The summed E-state index contributed by atoms with van der Waals surface area (Å²) >= 11 is 0. The first-order chi connectivity index (χ1) is 10.5. The Balaban J connectivity index is 1.79. The maximum Gasteiger partial charge on any atom is 0.308 e. The Morgan fingerprint density at radius 3 is 2.82 bits per heavy atom. The summed E-state index contributed by atoms with van der Waals surface area (Å²) in [5.41, 5.74) is 0.839. The average Bonchev–Trinajstić information content (AvgIpc) is 3.04. The summed E-state index contributed by atoms with van der Waals surface area (Å²) in [5, 5.41) is 13.7.